The van der Waals surface area contributed by atoms with Crippen LogP contribution in [0.1, 0.15) is 40.0 Å². The van der Waals surface area contributed by atoms with Crippen molar-refractivity contribution in [1.29, 1.82) is 0 Å². The van der Waals surface area contributed by atoms with Gasteiger partial charge >= 0.3 is 0 Å². The summed E-state index contributed by atoms with van der Waals surface area (Å²) in [5.41, 5.74) is 8.97. The van der Waals surface area contributed by atoms with Crippen LogP contribution in [-0.4, -0.2) is 18.4 Å². The largest absolute Gasteiger partial charge is 0.483 e. The minimum atomic E-state index is -0.588. The fourth-order valence-electron chi connectivity index (χ4n) is 2.34. The van der Waals surface area contributed by atoms with Crippen molar-refractivity contribution in [2.75, 3.05) is 6.61 Å². The second-order valence-corrected chi connectivity index (χ2v) is 5.78. The van der Waals surface area contributed by atoms with Gasteiger partial charge in [-0.3, -0.25) is 9.59 Å². The molecular formula is C19H22N2O3. The van der Waals surface area contributed by atoms with Gasteiger partial charge in [0, 0.05) is 0 Å². The van der Waals surface area contributed by atoms with E-state index in [4.69, 9.17) is 10.5 Å². The minimum absolute atomic E-state index is 0.133. The van der Waals surface area contributed by atoms with Crippen molar-refractivity contribution in [3.05, 3.63) is 64.7 Å². The number of carbonyl (C=O) groups is 2. The van der Waals surface area contributed by atoms with E-state index in [0.717, 1.165) is 5.56 Å². The molecule has 0 heterocycles. The van der Waals surface area contributed by atoms with Gasteiger partial charge in [-0.1, -0.05) is 30.3 Å². The third-order valence-corrected chi connectivity index (χ3v) is 3.92. The Labute approximate surface area is 141 Å². The number of benzene rings is 2. The number of amides is 2. The molecule has 2 aromatic rings. The van der Waals surface area contributed by atoms with E-state index in [1.54, 1.807) is 24.3 Å². The normalized spacial score (nSPS) is 11.6. The average Bonchev–Trinajstić information content (AvgIpc) is 2.55. The van der Waals surface area contributed by atoms with Crippen LogP contribution in [0.3, 0.4) is 0 Å². The van der Waals surface area contributed by atoms with Crippen LogP contribution in [-0.2, 0) is 4.79 Å². The third kappa shape index (κ3) is 4.35. The van der Waals surface area contributed by atoms with Gasteiger partial charge in [0.1, 0.15) is 5.75 Å². The molecule has 0 aliphatic rings. The fraction of sp³-hybridized carbons (Fsp3) is 0.263. The molecule has 0 radical (unpaired) electrons. The second kappa shape index (κ2) is 7.64. The molecule has 0 aromatic heterocycles. The Balaban J connectivity index is 1.96. The predicted octanol–water partition coefficient (Wildman–Crippen LogP) is 2.66. The Hall–Kier alpha value is -2.82. The zero-order chi connectivity index (χ0) is 17.7. The quantitative estimate of drug-likeness (QED) is 0.856. The first-order valence-electron chi connectivity index (χ1n) is 7.76. The zero-order valence-electron chi connectivity index (χ0n) is 14.1. The predicted molar refractivity (Wildman–Crippen MR) is 92.9 cm³/mol. The Morgan fingerprint density at radius 3 is 2.50 bits per heavy atom. The Morgan fingerprint density at radius 2 is 1.83 bits per heavy atom. The maximum Gasteiger partial charge on any atom is 0.258 e. The molecule has 2 rings (SSSR count). The van der Waals surface area contributed by atoms with Crippen molar-refractivity contribution in [3.63, 3.8) is 0 Å². The molecule has 0 saturated heterocycles. The molecule has 5 nitrogen and oxygen atoms in total. The lowest BCUT2D eigenvalue weighted by Gasteiger charge is -2.16. The topological polar surface area (TPSA) is 81.4 Å². The summed E-state index contributed by atoms with van der Waals surface area (Å²) < 4.78 is 5.43. The first-order valence-corrected chi connectivity index (χ1v) is 7.76. The van der Waals surface area contributed by atoms with Crippen molar-refractivity contribution in [2.45, 2.75) is 26.8 Å². The van der Waals surface area contributed by atoms with Gasteiger partial charge in [-0.2, -0.15) is 0 Å². The van der Waals surface area contributed by atoms with E-state index in [-0.39, 0.29) is 24.1 Å². The average molecular weight is 326 g/mol. The number of hydrogen-bond donors (Lipinski definition) is 2. The van der Waals surface area contributed by atoms with Crippen LogP contribution in [0, 0.1) is 13.8 Å². The summed E-state index contributed by atoms with van der Waals surface area (Å²) >= 11 is 0. The maximum absolute atomic E-state index is 12.1. The Bertz CT molecular complexity index is 756. The summed E-state index contributed by atoms with van der Waals surface area (Å²) in [6.07, 6.45) is 0. The third-order valence-electron chi connectivity index (χ3n) is 3.92. The van der Waals surface area contributed by atoms with Crippen LogP contribution in [0.4, 0.5) is 0 Å². The van der Waals surface area contributed by atoms with E-state index in [0.29, 0.717) is 5.75 Å². The molecule has 0 saturated carbocycles. The molecule has 0 aliphatic heterocycles. The van der Waals surface area contributed by atoms with Crippen molar-refractivity contribution in [3.8, 4) is 5.75 Å². The van der Waals surface area contributed by atoms with Crippen molar-refractivity contribution in [2.24, 2.45) is 5.73 Å². The Kier molecular flexibility index (Phi) is 5.58. The zero-order valence-corrected chi connectivity index (χ0v) is 14.1. The molecule has 126 valence electrons. The molecule has 5 heteroatoms. The highest BCUT2D eigenvalue weighted by atomic mass is 16.5. The van der Waals surface area contributed by atoms with Crippen molar-refractivity contribution >= 4 is 11.8 Å². The molecule has 0 bridgehead atoms. The summed E-state index contributed by atoms with van der Waals surface area (Å²) in [4.78, 5) is 23.4. The van der Waals surface area contributed by atoms with Gasteiger partial charge in [0.05, 0.1) is 11.6 Å². The van der Waals surface area contributed by atoms with Gasteiger partial charge in [0.25, 0.3) is 11.8 Å². The van der Waals surface area contributed by atoms with Crippen LogP contribution in [0.25, 0.3) is 0 Å². The molecule has 2 amide bonds. The van der Waals surface area contributed by atoms with E-state index in [1.165, 1.54) is 11.1 Å². The summed E-state index contributed by atoms with van der Waals surface area (Å²) in [6, 6.07) is 12.5. The summed E-state index contributed by atoms with van der Waals surface area (Å²) in [7, 11) is 0. The molecule has 0 aliphatic carbocycles. The number of carbonyl (C=O) groups excluding carboxylic acids is 2. The maximum atomic E-state index is 12.1. The molecule has 0 spiro atoms. The monoisotopic (exact) mass is 326 g/mol. The van der Waals surface area contributed by atoms with Gasteiger partial charge in [0.2, 0.25) is 0 Å². The molecule has 24 heavy (non-hydrogen) atoms. The molecule has 0 fully saturated rings. The van der Waals surface area contributed by atoms with Crippen LogP contribution < -0.4 is 15.8 Å². The number of primary amides is 1. The number of para-hydroxylation sites is 1. The van der Waals surface area contributed by atoms with E-state index < -0.39 is 5.91 Å². The minimum Gasteiger partial charge on any atom is -0.483 e. The van der Waals surface area contributed by atoms with Gasteiger partial charge in [-0.25, -0.2) is 0 Å². The summed E-state index contributed by atoms with van der Waals surface area (Å²) in [5, 5.41) is 2.88. The number of nitrogens with one attached hydrogen (secondary N) is 1. The van der Waals surface area contributed by atoms with Gasteiger partial charge in [-0.15, -0.1) is 0 Å². The smallest absolute Gasteiger partial charge is 0.258 e. The number of hydrogen-bond acceptors (Lipinski definition) is 3. The SMILES string of the molecule is Cc1ccc(C(C)NC(=O)COc2ccccc2C(N)=O)cc1C. The number of nitrogens with two attached hydrogens (primary N) is 1. The number of ether oxygens (including phenoxy) is 1. The van der Waals surface area contributed by atoms with Crippen LogP contribution in [0.5, 0.6) is 5.75 Å². The fourth-order valence-corrected chi connectivity index (χ4v) is 2.34. The highest BCUT2D eigenvalue weighted by Crippen LogP contribution is 2.18. The lowest BCUT2D eigenvalue weighted by atomic mass is 10.0. The standard InChI is InChI=1S/C19H22N2O3/c1-12-8-9-15(10-13(12)2)14(3)21-18(22)11-24-17-7-5-4-6-16(17)19(20)23/h4-10,14H,11H2,1-3H3,(H2,20,23)(H,21,22). The summed E-state index contributed by atoms with van der Waals surface area (Å²) in [6.45, 7) is 5.82. The van der Waals surface area contributed by atoms with Crippen molar-refractivity contribution in [1.82, 2.24) is 5.32 Å². The van der Waals surface area contributed by atoms with Crippen LogP contribution >= 0.6 is 0 Å². The Morgan fingerprint density at radius 1 is 1.12 bits per heavy atom. The highest BCUT2D eigenvalue weighted by molar-refractivity contribution is 5.95. The number of rotatable bonds is 6. The van der Waals surface area contributed by atoms with Crippen molar-refractivity contribution < 1.29 is 14.3 Å². The van der Waals surface area contributed by atoms with E-state index in [1.807, 2.05) is 32.9 Å². The lowest BCUT2D eigenvalue weighted by Crippen LogP contribution is -2.31. The van der Waals surface area contributed by atoms with Crippen LogP contribution in [0.15, 0.2) is 42.5 Å². The lowest BCUT2D eigenvalue weighted by molar-refractivity contribution is -0.123. The molecular weight excluding hydrogens is 304 g/mol. The van der Waals surface area contributed by atoms with Gasteiger partial charge in [0.15, 0.2) is 6.61 Å². The van der Waals surface area contributed by atoms with Gasteiger partial charge in [-0.05, 0) is 49.6 Å². The first-order chi connectivity index (χ1) is 11.4. The van der Waals surface area contributed by atoms with E-state index in [2.05, 4.69) is 11.4 Å². The first kappa shape index (κ1) is 17.5. The van der Waals surface area contributed by atoms with E-state index >= 15 is 0 Å². The molecule has 3 N–H and O–H groups in total. The van der Waals surface area contributed by atoms with Crippen LogP contribution in [0.2, 0.25) is 0 Å². The van der Waals surface area contributed by atoms with E-state index in [9.17, 15) is 9.59 Å². The second-order valence-electron chi connectivity index (χ2n) is 5.78. The molecule has 1 atom stereocenters. The number of aryl methyl sites for hydroxylation is 2. The molecule has 2 aromatic carbocycles. The van der Waals surface area contributed by atoms with Gasteiger partial charge < -0.3 is 15.8 Å². The molecule has 1 unspecified atom stereocenters. The highest BCUT2D eigenvalue weighted by Gasteiger charge is 2.13. The summed E-state index contributed by atoms with van der Waals surface area (Å²) in [5.74, 6) is -0.548.